The van der Waals surface area contributed by atoms with E-state index in [0.717, 1.165) is 0 Å². The highest BCUT2D eigenvalue weighted by atomic mass is 32.2. The molecule has 0 radical (unpaired) electrons. The van der Waals surface area contributed by atoms with Crippen molar-refractivity contribution >= 4 is 21.7 Å². The van der Waals surface area contributed by atoms with Gasteiger partial charge in [-0.3, -0.25) is 14.1 Å². The van der Waals surface area contributed by atoms with Crippen LogP contribution in [-0.2, 0) is 14.8 Å². The zero-order valence-electron chi connectivity index (χ0n) is 14.5. The highest BCUT2D eigenvalue weighted by Crippen LogP contribution is 2.38. The van der Waals surface area contributed by atoms with Gasteiger partial charge in [-0.1, -0.05) is 18.2 Å². The third-order valence-electron chi connectivity index (χ3n) is 4.15. The molecule has 0 saturated carbocycles. The molecule has 1 aliphatic rings. The number of hydrogen-bond donors (Lipinski definition) is 1. The Morgan fingerprint density at radius 1 is 1.31 bits per heavy atom. The Balaban J connectivity index is 2.03. The van der Waals surface area contributed by atoms with Gasteiger partial charge in [-0.05, 0) is 31.9 Å². The topological polar surface area (TPSA) is 96.8 Å². The number of nitrogens with zero attached hydrogens (tertiary/aromatic N) is 2. The Morgan fingerprint density at radius 2 is 2.04 bits per heavy atom. The molecule has 2 aromatic rings. The molecular weight excluding hydrogens is 356 g/mol. The van der Waals surface area contributed by atoms with E-state index in [1.54, 1.807) is 24.3 Å². The number of ether oxygens (including phenoxy) is 1. The highest BCUT2D eigenvalue weighted by Gasteiger charge is 2.36. The second-order valence-electron chi connectivity index (χ2n) is 6.34. The Bertz CT molecular complexity index is 927. The van der Waals surface area contributed by atoms with Crippen LogP contribution >= 0.6 is 0 Å². The molecular formula is C18H20N2O5S. The molecule has 7 nitrogen and oxygen atoms in total. The van der Waals surface area contributed by atoms with E-state index in [-0.39, 0.29) is 24.0 Å². The van der Waals surface area contributed by atoms with E-state index in [2.05, 4.69) is 4.98 Å². The van der Waals surface area contributed by atoms with Crippen molar-refractivity contribution in [3.63, 3.8) is 0 Å². The molecule has 1 N–H and O–H groups in total. The lowest BCUT2D eigenvalue weighted by Gasteiger charge is -2.33. The molecule has 0 amide bonds. The fourth-order valence-electron chi connectivity index (χ4n) is 3.04. The summed E-state index contributed by atoms with van der Waals surface area (Å²) in [4.78, 5) is 15.5. The average Bonchev–Trinajstić information content (AvgIpc) is 2.60. The van der Waals surface area contributed by atoms with Crippen LogP contribution in [-0.4, -0.2) is 37.1 Å². The molecule has 0 saturated heterocycles. The first-order chi connectivity index (χ1) is 12.3. The molecule has 0 bridgehead atoms. The molecule has 3 rings (SSSR count). The van der Waals surface area contributed by atoms with E-state index in [4.69, 9.17) is 4.74 Å². The van der Waals surface area contributed by atoms with Gasteiger partial charge in [0.05, 0.1) is 23.9 Å². The van der Waals surface area contributed by atoms with Gasteiger partial charge in [0, 0.05) is 18.8 Å². The first kappa shape index (κ1) is 18.2. The number of hydrogen-bond acceptors (Lipinski definition) is 5. The maximum absolute atomic E-state index is 13.1. The van der Waals surface area contributed by atoms with Crippen LogP contribution in [0.5, 0.6) is 5.75 Å². The van der Waals surface area contributed by atoms with Crippen LogP contribution in [0.3, 0.4) is 0 Å². The number of carboxylic acid groups (broad SMARTS) is 1. The highest BCUT2D eigenvalue weighted by molar-refractivity contribution is 7.92. The van der Waals surface area contributed by atoms with Crippen LogP contribution in [0.4, 0.5) is 5.69 Å². The number of aromatic nitrogens is 1. The molecule has 2 heterocycles. The Morgan fingerprint density at radius 3 is 2.73 bits per heavy atom. The van der Waals surface area contributed by atoms with E-state index in [9.17, 15) is 18.3 Å². The number of carboxylic acids is 1. The molecule has 138 valence electrons. The van der Waals surface area contributed by atoms with Crippen molar-refractivity contribution in [2.24, 2.45) is 0 Å². The predicted octanol–water partition coefficient (Wildman–Crippen LogP) is 2.64. The summed E-state index contributed by atoms with van der Waals surface area (Å²) in [6.45, 7) is 3.77. The summed E-state index contributed by atoms with van der Waals surface area (Å²) in [5.74, 6) is -1.30. The quantitative estimate of drug-likeness (QED) is 0.862. The van der Waals surface area contributed by atoms with E-state index in [0.29, 0.717) is 17.0 Å². The van der Waals surface area contributed by atoms with Gasteiger partial charge in [-0.15, -0.1) is 0 Å². The lowest BCUT2D eigenvalue weighted by molar-refractivity contribution is -0.139. The SMILES string of the molecule is CC(C)Oc1cncc(S(=O)(=O)N2CCC(C(=O)O)c3ccccc32)c1. The van der Waals surface area contributed by atoms with Gasteiger partial charge in [0.2, 0.25) is 0 Å². The maximum atomic E-state index is 13.1. The van der Waals surface area contributed by atoms with E-state index >= 15 is 0 Å². The van der Waals surface area contributed by atoms with Gasteiger partial charge < -0.3 is 9.84 Å². The van der Waals surface area contributed by atoms with Gasteiger partial charge in [-0.2, -0.15) is 0 Å². The van der Waals surface area contributed by atoms with Gasteiger partial charge >= 0.3 is 5.97 Å². The average molecular weight is 376 g/mol. The van der Waals surface area contributed by atoms with E-state index in [1.165, 1.54) is 22.8 Å². The summed E-state index contributed by atoms with van der Waals surface area (Å²) in [5, 5.41) is 9.42. The van der Waals surface area contributed by atoms with Crippen molar-refractivity contribution < 1.29 is 23.1 Å². The van der Waals surface area contributed by atoms with Gasteiger partial charge in [0.25, 0.3) is 10.0 Å². The van der Waals surface area contributed by atoms with Crippen LogP contribution in [0.25, 0.3) is 0 Å². The lowest BCUT2D eigenvalue weighted by atomic mass is 9.91. The van der Waals surface area contributed by atoms with Crippen molar-refractivity contribution in [1.82, 2.24) is 4.98 Å². The maximum Gasteiger partial charge on any atom is 0.311 e. The first-order valence-electron chi connectivity index (χ1n) is 8.27. The van der Waals surface area contributed by atoms with Crippen LogP contribution in [0.2, 0.25) is 0 Å². The van der Waals surface area contributed by atoms with Crippen LogP contribution in [0.15, 0.2) is 47.6 Å². The zero-order chi connectivity index (χ0) is 18.9. The molecule has 8 heteroatoms. The molecule has 1 aromatic heterocycles. The molecule has 1 aliphatic heterocycles. The Labute approximate surface area is 152 Å². The number of pyridine rings is 1. The Hall–Kier alpha value is -2.61. The summed E-state index contributed by atoms with van der Waals surface area (Å²) in [6, 6.07) is 8.14. The standard InChI is InChI=1S/C18H20N2O5S/c1-12(2)25-13-9-14(11-19-10-13)26(23,24)20-8-7-16(18(21)22)15-5-3-4-6-17(15)20/h3-6,9-12,16H,7-8H2,1-2H3,(H,21,22). The number of fused-ring (bicyclic) bond motifs is 1. The van der Waals surface area contributed by atoms with Crippen molar-refractivity contribution in [3.8, 4) is 5.75 Å². The number of para-hydroxylation sites is 1. The number of rotatable bonds is 5. The predicted molar refractivity (Wildman–Crippen MR) is 96.0 cm³/mol. The summed E-state index contributed by atoms with van der Waals surface area (Å²) in [5.41, 5.74) is 0.888. The second-order valence-corrected chi connectivity index (χ2v) is 8.20. The minimum atomic E-state index is -3.88. The van der Waals surface area contributed by atoms with Gasteiger partial charge in [-0.25, -0.2) is 8.42 Å². The summed E-state index contributed by atoms with van der Waals surface area (Å²) >= 11 is 0. The minimum absolute atomic E-state index is 0.0132. The minimum Gasteiger partial charge on any atom is -0.489 e. The monoisotopic (exact) mass is 376 g/mol. The molecule has 1 unspecified atom stereocenters. The number of carbonyl (C=O) groups is 1. The van der Waals surface area contributed by atoms with Crippen molar-refractivity contribution in [2.45, 2.75) is 37.2 Å². The molecule has 0 fully saturated rings. The number of aliphatic carboxylic acids is 1. The fourth-order valence-corrected chi connectivity index (χ4v) is 4.53. The van der Waals surface area contributed by atoms with E-state index < -0.39 is 21.9 Å². The zero-order valence-corrected chi connectivity index (χ0v) is 15.3. The number of sulfonamides is 1. The third-order valence-corrected chi connectivity index (χ3v) is 5.93. The largest absolute Gasteiger partial charge is 0.489 e. The number of benzene rings is 1. The fraction of sp³-hybridized carbons (Fsp3) is 0.333. The molecule has 0 spiro atoms. The summed E-state index contributed by atoms with van der Waals surface area (Å²) < 4.78 is 33.1. The molecule has 0 aliphatic carbocycles. The smallest absolute Gasteiger partial charge is 0.311 e. The number of anilines is 1. The Kier molecular flexibility index (Phi) is 4.86. The summed E-state index contributed by atoms with van der Waals surface area (Å²) in [6.07, 6.45) is 2.83. The van der Waals surface area contributed by atoms with E-state index in [1.807, 2.05) is 13.8 Å². The summed E-state index contributed by atoms with van der Waals surface area (Å²) in [7, 11) is -3.88. The molecule has 1 atom stereocenters. The van der Waals surface area contributed by atoms with Crippen LogP contribution < -0.4 is 9.04 Å². The van der Waals surface area contributed by atoms with Crippen molar-refractivity contribution in [3.05, 3.63) is 48.3 Å². The molecule has 1 aromatic carbocycles. The van der Waals surface area contributed by atoms with Crippen LogP contribution in [0, 0.1) is 0 Å². The first-order valence-corrected chi connectivity index (χ1v) is 9.71. The van der Waals surface area contributed by atoms with Crippen LogP contribution in [0.1, 0.15) is 31.7 Å². The normalized spacial score (nSPS) is 17.0. The van der Waals surface area contributed by atoms with Crippen molar-refractivity contribution in [2.75, 3.05) is 10.8 Å². The van der Waals surface area contributed by atoms with Crippen molar-refractivity contribution in [1.29, 1.82) is 0 Å². The lowest BCUT2D eigenvalue weighted by Crippen LogP contribution is -2.38. The van der Waals surface area contributed by atoms with Gasteiger partial charge in [0.1, 0.15) is 10.6 Å². The third kappa shape index (κ3) is 3.37. The molecule has 26 heavy (non-hydrogen) atoms. The van der Waals surface area contributed by atoms with Gasteiger partial charge in [0.15, 0.2) is 0 Å². The second kappa shape index (κ2) is 6.95.